The highest BCUT2D eigenvalue weighted by Gasteiger charge is 2.23. The van der Waals surface area contributed by atoms with Crippen LogP contribution < -0.4 is 5.32 Å². The minimum absolute atomic E-state index is 0.296. The number of benzene rings is 1. The minimum atomic E-state index is 0.296. The van der Waals surface area contributed by atoms with Crippen molar-refractivity contribution in [2.24, 2.45) is 4.99 Å². The van der Waals surface area contributed by atoms with Crippen LogP contribution in [0.15, 0.2) is 40.7 Å². The highest BCUT2D eigenvalue weighted by atomic mass is 32.1. The number of rotatable bonds is 7. The molecule has 168 valence electrons. The van der Waals surface area contributed by atoms with Gasteiger partial charge in [0.1, 0.15) is 5.01 Å². The van der Waals surface area contributed by atoms with Crippen molar-refractivity contribution in [3.8, 4) is 10.6 Å². The molecule has 1 aromatic heterocycles. The third kappa shape index (κ3) is 6.51. The maximum absolute atomic E-state index is 6.16. The van der Waals surface area contributed by atoms with Crippen LogP contribution in [0.25, 0.3) is 10.6 Å². The van der Waals surface area contributed by atoms with Gasteiger partial charge in [-0.2, -0.15) is 0 Å². The second kappa shape index (κ2) is 11.6. The van der Waals surface area contributed by atoms with Crippen LogP contribution in [-0.4, -0.2) is 60.9 Å². The monoisotopic (exact) mass is 442 g/mol. The molecule has 0 saturated carbocycles. The Bertz CT molecular complexity index is 812. The minimum Gasteiger partial charge on any atom is -0.376 e. The van der Waals surface area contributed by atoms with Gasteiger partial charge in [0.25, 0.3) is 0 Å². The molecule has 2 aromatic rings. The predicted octanol–water partition coefficient (Wildman–Crippen LogP) is 4.33. The Kier molecular flexibility index (Phi) is 8.32. The Morgan fingerprint density at radius 1 is 1.23 bits per heavy atom. The maximum Gasteiger partial charge on any atom is 0.194 e. The van der Waals surface area contributed by atoms with Gasteiger partial charge < -0.3 is 19.7 Å². The highest BCUT2D eigenvalue weighted by molar-refractivity contribution is 7.13. The van der Waals surface area contributed by atoms with Crippen LogP contribution in [0.1, 0.15) is 44.7 Å². The smallest absolute Gasteiger partial charge is 0.194 e. The Labute approximate surface area is 189 Å². The van der Waals surface area contributed by atoms with E-state index in [9.17, 15) is 0 Å². The van der Waals surface area contributed by atoms with Gasteiger partial charge in [0, 0.05) is 37.2 Å². The van der Waals surface area contributed by atoms with Crippen LogP contribution in [-0.2, 0) is 16.0 Å². The number of hydrogen-bond acceptors (Lipinski definition) is 5. The maximum atomic E-state index is 6.16. The molecule has 0 aliphatic carbocycles. The number of likely N-dealkylation sites (tertiary alicyclic amines) is 1. The fraction of sp³-hybridized carbons (Fsp3) is 0.583. The van der Waals surface area contributed by atoms with E-state index in [0.717, 1.165) is 74.3 Å². The average molecular weight is 443 g/mol. The van der Waals surface area contributed by atoms with E-state index in [-0.39, 0.29) is 0 Å². The van der Waals surface area contributed by atoms with E-state index < -0.39 is 0 Å². The van der Waals surface area contributed by atoms with E-state index >= 15 is 0 Å². The summed E-state index contributed by atoms with van der Waals surface area (Å²) in [7, 11) is 0. The normalized spacial score (nSPS) is 20.7. The van der Waals surface area contributed by atoms with Gasteiger partial charge in [0.2, 0.25) is 0 Å². The van der Waals surface area contributed by atoms with Crippen molar-refractivity contribution in [1.29, 1.82) is 0 Å². The van der Waals surface area contributed by atoms with Crippen LogP contribution in [0.2, 0.25) is 0 Å². The third-order valence-electron chi connectivity index (χ3n) is 5.83. The molecule has 1 atom stereocenters. The van der Waals surface area contributed by atoms with Crippen molar-refractivity contribution in [3.63, 3.8) is 0 Å². The lowest BCUT2D eigenvalue weighted by atomic mass is 10.1. The van der Waals surface area contributed by atoms with E-state index in [2.05, 4.69) is 34.7 Å². The van der Waals surface area contributed by atoms with Crippen molar-refractivity contribution < 1.29 is 9.47 Å². The molecular weight excluding hydrogens is 408 g/mol. The van der Waals surface area contributed by atoms with E-state index in [4.69, 9.17) is 19.5 Å². The fourth-order valence-corrected chi connectivity index (χ4v) is 4.91. The number of guanidine groups is 1. The van der Waals surface area contributed by atoms with Gasteiger partial charge in [-0.25, -0.2) is 9.98 Å². The molecule has 2 saturated heterocycles. The molecular formula is C24H34N4O2S. The first-order chi connectivity index (χ1) is 15.3. The Balaban J connectivity index is 1.27. The number of thiazole rings is 1. The van der Waals surface area contributed by atoms with E-state index in [1.807, 2.05) is 18.2 Å². The SMILES string of the molecule is CCNC(=NCc1csc(-c2ccccc2)n1)N1CCC(OCC2CCCCO2)CC1. The molecule has 1 N–H and O–H groups in total. The second-order valence-electron chi connectivity index (χ2n) is 8.19. The standard InChI is InChI=1S/C24H34N4O2S/c1-2-25-24(26-16-20-18-31-23(27-20)19-8-4-3-5-9-19)28-13-11-21(12-14-28)30-17-22-10-6-7-15-29-22/h3-5,8-9,18,21-22H,2,6-7,10-17H2,1H3,(H,25,26). The molecule has 3 heterocycles. The zero-order valence-electron chi connectivity index (χ0n) is 18.5. The average Bonchev–Trinajstić information content (AvgIpc) is 3.31. The first-order valence-electron chi connectivity index (χ1n) is 11.6. The van der Waals surface area contributed by atoms with Crippen LogP contribution >= 0.6 is 11.3 Å². The number of ether oxygens (including phenoxy) is 2. The van der Waals surface area contributed by atoms with Crippen molar-refractivity contribution in [3.05, 3.63) is 41.4 Å². The number of aromatic nitrogens is 1. The number of nitrogens with zero attached hydrogens (tertiary/aromatic N) is 3. The van der Waals surface area contributed by atoms with Crippen LogP contribution in [0.3, 0.4) is 0 Å². The Hall–Kier alpha value is -1.96. The number of hydrogen-bond donors (Lipinski definition) is 1. The topological polar surface area (TPSA) is 59.0 Å². The van der Waals surface area contributed by atoms with Gasteiger partial charge in [-0.1, -0.05) is 30.3 Å². The summed E-state index contributed by atoms with van der Waals surface area (Å²) in [4.78, 5) is 12.0. The summed E-state index contributed by atoms with van der Waals surface area (Å²) in [6.07, 6.45) is 6.29. The first kappa shape index (κ1) is 22.2. The third-order valence-corrected chi connectivity index (χ3v) is 6.77. The molecule has 2 fully saturated rings. The van der Waals surface area contributed by atoms with Crippen molar-refractivity contribution in [2.75, 3.05) is 32.8 Å². The van der Waals surface area contributed by atoms with Crippen LogP contribution in [0.5, 0.6) is 0 Å². The summed E-state index contributed by atoms with van der Waals surface area (Å²) in [6, 6.07) is 10.3. The zero-order chi connectivity index (χ0) is 21.3. The lowest BCUT2D eigenvalue weighted by Gasteiger charge is -2.35. The first-order valence-corrected chi connectivity index (χ1v) is 12.5. The zero-order valence-corrected chi connectivity index (χ0v) is 19.3. The largest absolute Gasteiger partial charge is 0.376 e. The molecule has 2 aliphatic rings. The Morgan fingerprint density at radius 2 is 2.06 bits per heavy atom. The quantitative estimate of drug-likeness (QED) is 0.511. The lowest BCUT2D eigenvalue weighted by Crippen LogP contribution is -2.47. The lowest BCUT2D eigenvalue weighted by molar-refractivity contribution is -0.0721. The molecule has 0 spiro atoms. The van der Waals surface area contributed by atoms with Crippen molar-refractivity contribution in [2.45, 2.75) is 57.8 Å². The summed E-state index contributed by atoms with van der Waals surface area (Å²) in [5.74, 6) is 0.978. The van der Waals surface area contributed by atoms with Gasteiger partial charge in [0.05, 0.1) is 31.1 Å². The molecule has 2 aliphatic heterocycles. The van der Waals surface area contributed by atoms with E-state index in [0.29, 0.717) is 18.8 Å². The summed E-state index contributed by atoms with van der Waals surface area (Å²) >= 11 is 1.68. The molecule has 0 bridgehead atoms. The molecule has 0 amide bonds. The highest BCUT2D eigenvalue weighted by Crippen LogP contribution is 2.24. The van der Waals surface area contributed by atoms with E-state index in [1.54, 1.807) is 11.3 Å². The summed E-state index contributed by atoms with van der Waals surface area (Å²) in [5.41, 5.74) is 2.18. The molecule has 6 nitrogen and oxygen atoms in total. The van der Waals surface area contributed by atoms with Gasteiger partial charge in [-0.15, -0.1) is 11.3 Å². The van der Waals surface area contributed by atoms with Gasteiger partial charge in [-0.3, -0.25) is 0 Å². The van der Waals surface area contributed by atoms with Crippen LogP contribution in [0.4, 0.5) is 0 Å². The van der Waals surface area contributed by atoms with Gasteiger partial charge in [-0.05, 0) is 39.0 Å². The molecule has 1 aromatic carbocycles. The molecule has 7 heteroatoms. The van der Waals surface area contributed by atoms with E-state index in [1.165, 1.54) is 12.8 Å². The fourth-order valence-electron chi connectivity index (χ4n) is 4.09. The molecule has 0 radical (unpaired) electrons. The summed E-state index contributed by atoms with van der Waals surface area (Å²) in [5, 5.41) is 6.62. The number of piperidine rings is 1. The van der Waals surface area contributed by atoms with Gasteiger partial charge >= 0.3 is 0 Å². The number of aliphatic imine (C=N–C) groups is 1. The summed E-state index contributed by atoms with van der Waals surface area (Å²) < 4.78 is 12.0. The predicted molar refractivity (Wildman–Crippen MR) is 127 cm³/mol. The molecule has 1 unspecified atom stereocenters. The van der Waals surface area contributed by atoms with Crippen LogP contribution in [0, 0.1) is 0 Å². The number of nitrogens with one attached hydrogen (secondary N) is 1. The molecule has 4 rings (SSSR count). The van der Waals surface area contributed by atoms with Crippen molar-refractivity contribution in [1.82, 2.24) is 15.2 Å². The summed E-state index contributed by atoms with van der Waals surface area (Å²) in [6.45, 7) is 7.14. The second-order valence-corrected chi connectivity index (χ2v) is 9.05. The Morgan fingerprint density at radius 3 is 2.81 bits per heavy atom. The van der Waals surface area contributed by atoms with Crippen molar-refractivity contribution >= 4 is 17.3 Å². The molecule has 31 heavy (non-hydrogen) atoms. The van der Waals surface area contributed by atoms with Gasteiger partial charge in [0.15, 0.2) is 5.96 Å².